The van der Waals surface area contributed by atoms with Crippen molar-refractivity contribution in [2.45, 2.75) is 119 Å². The first-order valence-electron chi connectivity index (χ1n) is 13.9. The van der Waals surface area contributed by atoms with Crippen LogP contribution in [0.4, 0.5) is 0 Å². The van der Waals surface area contributed by atoms with Crippen LogP contribution in [-0.4, -0.2) is 5.78 Å². The maximum atomic E-state index is 12.3. The molecule has 0 aromatic heterocycles. The molecule has 3 fully saturated rings. The van der Waals surface area contributed by atoms with Crippen molar-refractivity contribution in [2.24, 2.45) is 52.3 Å². The highest BCUT2D eigenvalue weighted by atomic mass is 16.1. The van der Waals surface area contributed by atoms with Crippen LogP contribution in [0.25, 0.3) is 0 Å². The Labute approximate surface area is 193 Å². The van der Waals surface area contributed by atoms with Crippen LogP contribution in [-0.2, 0) is 4.79 Å². The zero-order valence-electron chi connectivity index (χ0n) is 21.5. The lowest BCUT2D eigenvalue weighted by molar-refractivity contribution is -0.119. The molecule has 0 N–H and O–H groups in total. The van der Waals surface area contributed by atoms with E-state index < -0.39 is 0 Å². The summed E-state index contributed by atoms with van der Waals surface area (Å²) in [6, 6.07) is 0. The quantitative estimate of drug-likeness (QED) is 0.398. The molecule has 0 radical (unpaired) electrons. The second-order valence-electron chi connectivity index (χ2n) is 13.1. The second kappa shape index (κ2) is 8.98. The van der Waals surface area contributed by atoms with Crippen molar-refractivity contribution in [3.8, 4) is 0 Å². The van der Waals surface area contributed by atoms with Crippen molar-refractivity contribution in [1.29, 1.82) is 0 Å². The lowest BCUT2D eigenvalue weighted by Gasteiger charge is -2.61. The van der Waals surface area contributed by atoms with E-state index in [1.165, 1.54) is 64.2 Å². The van der Waals surface area contributed by atoms with Gasteiger partial charge in [-0.25, -0.2) is 0 Å². The zero-order valence-corrected chi connectivity index (χ0v) is 21.5. The van der Waals surface area contributed by atoms with Crippen molar-refractivity contribution in [1.82, 2.24) is 0 Å². The van der Waals surface area contributed by atoms with Gasteiger partial charge < -0.3 is 0 Å². The summed E-state index contributed by atoms with van der Waals surface area (Å²) in [5, 5.41) is 0. The number of carbonyl (C=O) groups excluding carboxylic acids is 1. The highest BCUT2D eigenvalue weighted by molar-refractivity contribution is 5.91. The Balaban J connectivity index is 1.58. The fraction of sp³-hybridized carbons (Fsp3) is 0.900. The van der Waals surface area contributed by atoms with E-state index in [4.69, 9.17) is 0 Å². The number of allylic oxidation sites excluding steroid dienone is 1. The summed E-state index contributed by atoms with van der Waals surface area (Å²) in [7, 11) is 0. The molecule has 0 amide bonds. The van der Waals surface area contributed by atoms with Crippen molar-refractivity contribution in [2.75, 3.05) is 0 Å². The first kappa shape index (κ1) is 23.6. The Morgan fingerprint density at radius 2 is 1.81 bits per heavy atom. The summed E-state index contributed by atoms with van der Waals surface area (Å²) in [6.07, 6.45) is 17.9. The highest BCUT2D eigenvalue weighted by Crippen LogP contribution is 2.69. The van der Waals surface area contributed by atoms with E-state index in [0.29, 0.717) is 16.6 Å². The Hall–Kier alpha value is -0.590. The van der Waals surface area contributed by atoms with E-state index in [0.717, 1.165) is 54.3 Å². The standard InChI is InChI=1S/C30H50O/c1-7-9-22-18-23-19-24(31)14-16-29(23,5)27-15-17-30(6)25(12-13-26(30)28(22)27)21(4)11-8-10-20(2)3/h19-22,25-28H,7-18H2,1-6H3/t21-,22+,25-,26+,27+,28+,29+,30-/m1/s1. The fourth-order valence-corrected chi connectivity index (χ4v) is 9.39. The molecule has 4 aliphatic rings. The summed E-state index contributed by atoms with van der Waals surface area (Å²) in [4.78, 5) is 12.3. The predicted octanol–water partition coefficient (Wildman–Crippen LogP) is 8.62. The molecule has 4 aliphatic carbocycles. The van der Waals surface area contributed by atoms with Crippen LogP contribution >= 0.6 is 0 Å². The van der Waals surface area contributed by atoms with Crippen LogP contribution in [0.5, 0.6) is 0 Å². The summed E-state index contributed by atoms with van der Waals surface area (Å²) in [6.45, 7) is 15.0. The Kier molecular flexibility index (Phi) is 6.83. The molecule has 0 saturated heterocycles. The van der Waals surface area contributed by atoms with Gasteiger partial charge in [0.1, 0.15) is 0 Å². The fourth-order valence-electron chi connectivity index (χ4n) is 9.39. The van der Waals surface area contributed by atoms with Gasteiger partial charge >= 0.3 is 0 Å². The predicted molar refractivity (Wildman–Crippen MR) is 132 cm³/mol. The molecule has 1 nitrogen and oxygen atoms in total. The molecule has 0 heterocycles. The van der Waals surface area contributed by atoms with Crippen molar-refractivity contribution in [3.63, 3.8) is 0 Å². The molecule has 0 aliphatic heterocycles. The Morgan fingerprint density at radius 3 is 2.52 bits per heavy atom. The van der Waals surface area contributed by atoms with E-state index in [1.807, 2.05) is 0 Å². The van der Waals surface area contributed by atoms with Gasteiger partial charge in [0.05, 0.1) is 0 Å². The van der Waals surface area contributed by atoms with Crippen molar-refractivity contribution < 1.29 is 4.79 Å². The van der Waals surface area contributed by atoms with Gasteiger partial charge in [0.15, 0.2) is 5.78 Å². The highest BCUT2D eigenvalue weighted by Gasteiger charge is 2.61. The van der Waals surface area contributed by atoms with Gasteiger partial charge in [0.25, 0.3) is 0 Å². The third-order valence-corrected chi connectivity index (χ3v) is 11.0. The van der Waals surface area contributed by atoms with Gasteiger partial charge in [-0.15, -0.1) is 0 Å². The third-order valence-electron chi connectivity index (χ3n) is 11.0. The average Bonchev–Trinajstić information content (AvgIpc) is 3.06. The van der Waals surface area contributed by atoms with Gasteiger partial charge in [-0.2, -0.15) is 0 Å². The number of ketones is 1. The van der Waals surface area contributed by atoms with Crippen LogP contribution in [0.1, 0.15) is 119 Å². The molecule has 0 bridgehead atoms. The number of carbonyl (C=O) groups is 1. The molecule has 8 atom stereocenters. The summed E-state index contributed by atoms with van der Waals surface area (Å²) in [5.41, 5.74) is 2.42. The largest absolute Gasteiger partial charge is 0.295 e. The average molecular weight is 427 g/mol. The van der Waals surface area contributed by atoms with Crippen LogP contribution in [0.3, 0.4) is 0 Å². The van der Waals surface area contributed by atoms with Crippen LogP contribution in [0.2, 0.25) is 0 Å². The molecule has 4 rings (SSSR count). The third kappa shape index (κ3) is 4.10. The van der Waals surface area contributed by atoms with Gasteiger partial charge in [-0.3, -0.25) is 4.79 Å². The van der Waals surface area contributed by atoms with Crippen LogP contribution < -0.4 is 0 Å². The second-order valence-corrected chi connectivity index (χ2v) is 13.1. The van der Waals surface area contributed by atoms with E-state index in [1.54, 1.807) is 5.57 Å². The molecule has 1 heteroatoms. The number of hydrogen-bond donors (Lipinski definition) is 0. The van der Waals surface area contributed by atoms with Gasteiger partial charge in [-0.1, -0.05) is 79.2 Å². The van der Waals surface area contributed by atoms with Crippen molar-refractivity contribution in [3.05, 3.63) is 11.6 Å². The summed E-state index contributed by atoms with van der Waals surface area (Å²) in [5.74, 6) is 6.54. The van der Waals surface area contributed by atoms with E-state index in [-0.39, 0.29) is 0 Å². The summed E-state index contributed by atoms with van der Waals surface area (Å²) >= 11 is 0. The van der Waals surface area contributed by atoms with E-state index >= 15 is 0 Å². The molecular formula is C30H50O. The minimum Gasteiger partial charge on any atom is -0.295 e. The summed E-state index contributed by atoms with van der Waals surface area (Å²) < 4.78 is 0. The zero-order chi connectivity index (χ0) is 22.4. The molecule has 3 saturated carbocycles. The molecule has 0 unspecified atom stereocenters. The van der Waals surface area contributed by atoms with Gasteiger partial charge in [0.2, 0.25) is 0 Å². The molecule has 0 spiro atoms. The Bertz CT molecular complexity index is 689. The van der Waals surface area contributed by atoms with Crippen LogP contribution in [0.15, 0.2) is 11.6 Å². The molecular weight excluding hydrogens is 376 g/mol. The van der Waals surface area contributed by atoms with E-state index in [2.05, 4.69) is 47.6 Å². The lowest BCUT2D eigenvalue weighted by Crippen LogP contribution is -2.54. The maximum Gasteiger partial charge on any atom is 0.155 e. The van der Waals surface area contributed by atoms with Crippen LogP contribution in [0, 0.1) is 52.3 Å². The molecule has 0 aromatic rings. The minimum atomic E-state index is 0.311. The van der Waals surface area contributed by atoms with Gasteiger partial charge in [-0.05, 0) is 96.9 Å². The lowest BCUT2D eigenvalue weighted by atomic mass is 9.44. The number of rotatable bonds is 7. The van der Waals surface area contributed by atoms with E-state index in [9.17, 15) is 4.79 Å². The maximum absolute atomic E-state index is 12.3. The molecule has 31 heavy (non-hydrogen) atoms. The normalized spacial score (nSPS) is 43.3. The Morgan fingerprint density at radius 1 is 1.03 bits per heavy atom. The number of fused-ring (bicyclic) bond motifs is 5. The first-order valence-corrected chi connectivity index (χ1v) is 13.9. The topological polar surface area (TPSA) is 17.1 Å². The smallest absolute Gasteiger partial charge is 0.155 e. The monoisotopic (exact) mass is 426 g/mol. The van der Waals surface area contributed by atoms with Gasteiger partial charge in [0, 0.05) is 6.42 Å². The first-order chi connectivity index (χ1) is 14.7. The molecule has 176 valence electrons. The molecule has 0 aromatic carbocycles. The SMILES string of the molecule is CCC[C@H]1CC2=CC(=O)CC[C@]2(C)[C@H]2CC[C@]3(C)[C@@H]([C@H](C)CCCC(C)C)CC[C@H]3[C@H]12. The number of hydrogen-bond acceptors (Lipinski definition) is 1. The van der Waals surface area contributed by atoms with Crippen molar-refractivity contribution >= 4 is 5.78 Å². The minimum absolute atomic E-state index is 0.311.